The zero-order valence-corrected chi connectivity index (χ0v) is 14.4. The molecule has 2 fully saturated rings. The second kappa shape index (κ2) is 6.52. The van der Waals surface area contributed by atoms with Gasteiger partial charge in [-0.05, 0) is 12.3 Å². The highest BCUT2D eigenvalue weighted by Crippen LogP contribution is 2.23. The van der Waals surface area contributed by atoms with E-state index in [0.717, 1.165) is 9.80 Å². The molecule has 5 amide bonds. The van der Waals surface area contributed by atoms with Crippen molar-refractivity contribution < 1.29 is 24.3 Å². The second-order valence-corrected chi connectivity index (χ2v) is 5.82. The number of carbonyl (C=O) groups excluding carboxylic acids is 4. The molecule has 0 aliphatic carbocycles. The number of nitrogens with zero attached hydrogens (tertiary/aromatic N) is 4. The van der Waals surface area contributed by atoms with E-state index in [4.69, 9.17) is 0 Å². The van der Waals surface area contributed by atoms with Crippen molar-refractivity contribution in [1.29, 1.82) is 0 Å². The molecular weight excluding hydrogens is 328 g/mol. The van der Waals surface area contributed by atoms with Crippen LogP contribution in [0.15, 0.2) is 36.2 Å². The summed E-state index contributed by atoms with van der Waals surface area (Å²) in [6.45, 7) is 3.67. The maximum atomic E-state index is 12.3. The van der Waals surface area contributed by atoms with Gasteiger partial charge in [0, 0.05) is 28.2 Å². The van der Waals surface area contributed by atoms with E-state index in [-0.39, 0.29) is 5.57 Å². The molecule has 0 aromatic rings. The molecule has 134 valence electrons. The van der Waals surface area contributed by atoms with Gasteiger partial charge in [0.05, 0.1) is 5.92 Å². The van der Waals surface area contributed by atoms with Crippen LogP contribution in [0, 0.1) is 5.92 Å². The highest BCUT2D eigenvalue weighted by atomic mass is 16.3. The van der Waals surface area contributed by atoms with Crippen LogP contribution < -0.4 is 5.11 Å². The van der Waals surface area contributed by atoms with E-state index >= 15 is 0 Å². The second-order valence-electron chi connectivity index (χ2n) is 5.82. The molecule has 2 unspecified atom stereocenters. The van der Waals surface area contributed by atoms with Crippen LogP contribution in [0.25, 0.3) is 0 Å². The van der Waals surface area contributed by atoms with Crippen molar-refractivity contribution in [2.45, 2.75) is 6.23 Å². The Bertz CT molecular complexity index is 700. The fourth-order valence-corrected chi connectivity index (χ4v) is 2.54. The number of rotatable bonds is 2. The lowest BCUT2D eigenvalue weighted by molar-refractivity contribution is -0.462. The molecule has 0 N–H and O–H groups in total. The summed E-state index contributed by atoms with van der Waals surface area (Å²) in [5.41, 5.74) is -0.224. The molecular formula is C16H19N4O5-. The lowest BCUT2D eigenvalue weighted by atomic mass is 10.0. The van der Waals surface area contributed by atoms with Crippen LogP contribution in [0.2, 0.25) is 0 Å². The molecule has 0 bridgehead atoms. The number of carbonyl (C=O) groups is 4. The van der Waals surface area contributed by atoms with Gasteiger partial charge in [0.1, 0.15) is 11.4 Å². The number of allylic oxidation sites excluding steroid dienone is 2. The monoisotopic (exact) mass is 347 g/mol. The van der Waals surface area contributed by atoms with Gasteiger partial charge in [0.2, 0.25) is 5.91 Å². The zero-order valence-electron chi connectivity index (χ0n) is 14.4. The standard InChI is InChI=1S/C16H19N4O5/c1-9-17(2)12(21)10(13(22)18(9)3)7-6-8-11-14(23)19(4)16(25)20(5)15(11)24/h6-8,10,12H,1H2,2-5H3/q-1/b7-6+. The number of imide groups is 2. The SMILES string of the molecule is C=C1N(C)C(=O)C(/C=C/C=C2C(=O)N(C)C(=O)N(C)C2=O)C([O-])N1C. The van der Waals surface area contributed by atoms with Gasteiger partial charge in [0.25, 0.3) is 11.8 Å². The Morgan fingerprint density at radius 2 is 1.48 bits per heavy atom. The zero-order chi connectivity index (χ0) is 19.0. The number of urea groups is 1. The lowest BCUT2D eigenvalue weighted by Gasteiger charge is -2.48. The van der Waals surface area contributed by atoms with Crippen molar-refractivity contribution in [3.8, 4) is 0 Å². The molecule has 0 radical (unpaired) electrons. The topological polar surface area (TPSA) is 104 Å². The average Bonchev–Trinajstić information content (AvgIpc) is 2.60. The summed E-state index contributed by atoms with van der Waals surface area (Å²) in [6.07, 6.45) is 2.48. The van der Waals surface area contributed by atoms with Crippen molar-refractivity contribution in [3.63, 3.8) is 0 Å². The summed E-state index contributed by atoms with van der Waals surface area (Å²) in [5, 5.41) is 12.3. The molecule has 2 heterocycles. The third-order valence-electron chi connectivity index (χ3n) is 4.32. The molecule has 9 nitrogen and oxygen atoms in total. The fraction of sp³-hybridized carbons (Fsp3) is 0.375. The summed E-state index contributed by atoms with van der Waals surface area (Å²) >= 11 is 0. The van der Waals surface area contributed by atoms with E-state index in [9.17, 15) is 24.3 Å². The van der Waals surface area contributed by atoms with Gasteiger partial charge in [-0.3, -0.25) is 24.2 Å². The largest absolute Gasteiger partial charge is 0.835 e. The Balaban J connectivity index is 2.26. The molecule has 0 saturated carbocycles. The van der Waals surface area contributed by atoms with Crippen LogP contribution in [0.1, 0.15) is 0 Å². The van der Waals surface area contributed by atoms with Crippen molar-refractivity contribution in [1.82, 2.24) is 19.6 Å². The Morgan fingerprint density at radius 1 is 0.960 bits per heavy atom. The molecule has 0 spiro atoms. The Labute approximate surface area is 145 Å². The van der Waals surface area contributed by atoms with Gasteiger partial charge in [0.15, 0.2) is 0 Å². The highest BCUT2D eigenvalue weighted by molar-refractivity contribution is 6.28. The lowest BCUT2D eigenvalue weighted by Crippen LogP contribution is -2.59. The van der Waals surface area contributed by atoms with Gasteiger partial charge < -0.3 is 14.9 Å². The van der Waals surface area contributed by atoms with E-state index in [1.807, 2.05) is 0 Å². The number of barbiturate groups is 1. The van der Waals surface area contributed by atoms with E-state index in [2.05, 4.69) is 6.58 Å². The van der Waals surface area contributed by atoms with Gasteiger partial charge in [-0.1, -0.05) is 18.7 Å². The first-order chi connectivity index (χ1) is 11.6. The van der Waals surface area contributed by atoms with Gasteiger partial charge in [-0.25, -0.2) is 4.79 Å². The Kier molecular flexibility index (Phi) is 4.80. The predicted octanol–water partition coefficient (Wildman–Crippen LogP) is -1.30. The summed E-state index contributed by atoms with van der Waals surface area (Å²) in [6, 6.07) is -0.722. The minimum atomic E-state index is -1.37. The van der Waals surface area contributed by atoms with Crippen molar-refractivity contribution in [2.24, 2.45) is 5.92 Å². The summed E-state index contributed by atoms with van der Waals surface area (Å²) in [5.74, 6) is -2.61. The molecule has 2 saturated heterocycles. The quantitative estimate of drug-likeness (QED) is 0.454. The Morgan fingerprint density at radius 3 is 2.00 bits per heavy atom. The van der Waals surface area contributed by atoms with Crippen molar-refractivity contribution in [3.05, 3.63) is 36.2 Å². The maximum absolute atomic E-state index is 12.3. The smallest absolute Gasteiger partial charge is 0.333 e. The number of likely N-dealkylation sites (N-methyl/N-ethyl adjacent to an activating group) is 2. The Hall–Kier alpha value is -2.94. The van der Waals surface area contributed by atoms with E-state index in [1.54, 1.807) is 0 Å². The first-order valence-electron chi connectivity index (χ1n) is 7.43. The normalized spacial score (nSPS) is 25.6. The van der Waals surface area contributed by atoms with Crippen LogP contribution in [-0.2, 0) is 14.4 Å². The minimum Gasteiger partial charge on any atom is -0.835 e. The third-order valence-corrected chi connectivity index (χ3v) is 4.32. The summed E-state index contributed by atoms with van der Waals surface area (Å²) in [7, 11) is 5.57. The van der Waals surface area contributed by atoms with Gasteiger partial charge in [-0.15, -0.1) is 0 Å². The minimum absolute atomic E-state index is 0.224. The van der Waals surface area contributed by atoms with E-state index < -0.39 is 35.9 Å². The van der Waals surface area contributed by atoms with Gasteiger partial charge >= 0.3 is 6.03 Å². The highest BCUT2D eigenvalue weighted by Gasteiger charge is 2.37. The predicted molar refractivity (Wildman–Crippen MR) is 85.1 cm³/mol. The molecule has 2 rings (SSSR count). The van der Waals surface area contributed by atoms with Crippen LogP contribution in [-0.4, -0.2) is 77.8 Å². The first kappa shape index (κ1) is 18.4. The number of amides is 5. The summed E-state index contributed by atoms with van der Waals surface area (Å²) in [4.78, 5) is 52.2. The van der Waals surface area contributed by atoms with Gasteiger partial charge in [-0.2, -0.15) is 0 Å². The number of hydrogen-bond donors (Lipinski definition) is 0. The molecule has 0 aromatic carbocycles. The summed E-state index contributed by atoms with van der Waals surface area (Å²) < 4.78 is 0. The van der Waals surface area contributed by atoms with E-state index in [0.29, 0.717) is 5.82 Å². The average molecular weight is 347 g/mol. The van der Waals surface area contributed by atoms with Crippen LogP contribution in [0.4, 0.5) is 4.79 Å². The van der Waals surface area contributed by atoms with Crippen LogP contribution >= 0.6 is 0 Å². The van der Waals surface area contributed by atoms with Crippen molar-refractivity contribution in [2.75, 3.05) is 28.2 Å². The fourth-order valence-electron chi connectivity index (χ4n) is 2.54. The van der Waals surface area contributed by atoms with Crippen molar-refractivity contribution >= 4 is 23.8 Å². The first-order valence-corrected chi connectivity index (χ1v) is 7.43. The third kappa shape index (κ3) is 2.93. The van der Waals surface area contributed by atoms with Crippen LogP contribution in [0.3, 0.4) is 0 Å². The molecule has 25 heavy (non-hydrogen) atoms. The van der Waals surface area contributed by atoms with Crippen LogP contribution in [0.5, 0.6) is 0 Å². The molecule has 0 aromatic heterocycles. The molecule has 2 aliphatic heterocycles. The number of hydrogen-bond acceptors (Lipinski definition) is 6. The molecule has 9 heteroatoms. The molecule has 2 atom stereocenters. The molecule has 2 aliphatic rings. The maximum Gasteiger partial charge on any atom is 0.333 e. The van der Waals surface area contributed by atoms with E-state index in [1.165, 1.54) is 56.2 Å².